The van der Waals surface area contributed by atoms with E-state index in [9.17, 15) is 13.2 Å². The van der Waals surface area contributed by atoms with Gasteiger partial charge < -0.3 is 5.32 Å². The summed E-state index contributed by atoms with van der Waals surface area (Å²) < 4.78 is 37.5. The fourth-order valence-corrected chi connectivity index (χ4v) is 2.71. The lowest BCUT2D eigenvalue weighted by molar-refractivity contribution is -0.137. The van der Waals surface area contributed by atoms with Crippen LogP contribution in [0.25, 0.3) is 0 Å². The van der Waals surface area contributed by atoms with Crippen molar-refractivity contribution >= 4 is 17.4 Å². The quantitative estimate of drug-likeness (QED) is 0.743. The first kappa shape index (κ1) is 11.6. The largest absolute Gasteiger partial charge is 0.416 e. The summed E-state index contributed by atoms with van der Waals surface area (Å²) >= 11 is 1.62. The van der Waals surface area contributed by atoms with Gasteiger partial charge in [0.15, 0.2) is 0 Å². The van der Waals surface area contributed by atoms with Crippen molar-refractivity contribution in [1.82, 2.24) is 0 Å². The maximum atomic E-state index is 12.5. The summed E-state index contributed by atoms with van der Waals surface area (Å²) in [7, 11) is 0. The Bertz CT molecular complexity index is 389. The van der Waals surface area contributed by atoms with Crippen molar-refractivity contribution in [2.45, 2.75) is 29.7 Å². The molecule has 0 saturated heterocycles. The standard InChI is InChI=1S/C11H12F3NS/c1-7-4-5-15-9-6-8(11(12,13)14)2-3-10(9)16-7/h2-3,6-7,15H,4-5H2,1H3/t7-/m0/s1. The van der Waals surface area contributed by atoms with Gasteiger partial charge in [-0.25, -0.2) is 0 Å². The summed E-state index contributed by atoms with van der Waals surface area (Å²) in [6.45, 7) is 2.81. The minimum Gasteiger partial charge on any atom is -0.384 e. The van der Waals surface area contributed by atoms with Crippen molar-refractivity contribution in [3.8, 4) is 0 Å². The highest BCUT2D eigenvalue weighted by Gasteiger charge is 2.31. The lowest BCUT2D eigenvalue weighted by atomic mass is 10.2. The first-order valence-electron chi connectivity index (χ1n) is 5.08. The Morgan fingerprint density at radius 3 is 2.81 bits per heavy atom. The molecule has 0 saturated carbocycles. The van der Waals surface area contributed by atoms with Gasteiger partial charge in [-0.3, -0.25) is 0 Å². The molecule has 0 fully saturated rings. The van der Waals surface area contributed by atoms with E-state index >= 15 is 0 Å². The molecule has 1 aliphatic rings. The Hall–Kier alpha value is -0.840. The van der Waals surface area contributed by atoms with Crippen molar-refractivity contribution in [3.63, 3.8) is 0 Å². The number of anilines is 1. The van der Waals surface area contributed by atoms with E-state index in [-0.39, 0.29) is 0 Å². The molecule has 0 aliphatic carbocycles. The molecule has 0 radical (unpaired) electrons. The van der Waals surface area contributed by atoms with E-state index in [1.165, 1.54) is 6.07 Å². The molecule has 1 atom stereocenters. The zero-order valence-corrected chi connectivity index (χ0v) is 9.58. The Kier molecular flexibility index (Phi) is 3.06. The highest BCUT2D eigenvalue weighted by Crippen LogP contribution is 2.38. The van der Waals surface area contributed by atoms with Gasteiger partial charge in [0.25, 0.3) is 0 Å². The molecule has 88 valence electrons. The monoisotopic (exact) mass is 247 g/mol. The number of halogens is 3. The van der Waals surface area contributed by atoms with Gasteiger partial charge in [0.05, 0.1) is 5.56 Å². The van der Waals surface area contributed by atoms with Crippen molar-refractivity contribution in [1.29, 1.82) is 0 Å². The molecular weight excluding hydrogens is 235 g/mol. The predicted molar refractivity (Wildman–Crippen MR) is 59.9 cm³/mol. The fraction of sp³-hybridized carbons (Fsp3) is 0.455. The Morgan fingerprint density at radius 2 is 2.12 bits per heavy atom. The highest BCUT2D eigenvalue weighted by molar-refractivity contribution is 8.00. The molecule has 0 aromatic heterocycles. The molecule has 1 nitrogen and oxygen atoms in total. The molecule has 1 N–H and O–H groups in total. The van der Waals surface area contributed by atoms with E-state index < -0.39 is 11.7 Å². The number of hydrogen-bond acceptors (Lipinski definition) is 2. The topological polar surface area (TPSA) is 12.0 Å². The van der Waals surface area contributed by atoms with Crippen molar-refractivity contribution in [3.05, 3.63) is 23.8 Å². The first-order valence-corrected chi connectivity index (χ1v) is 5.96. The number of nitrogens with one attached hydrogen (secondary N) is 1. The van der Waals surface area contributed by atoms with E-state index in [2.05, 4.69) is 12.2 Å². The molecule has 2 rings (SSSR count). The second kappa shape index (κ2) is 4.20. The number of hydrogen-bond donors (Lipinski definition) is 1. The van der Waals surface area contributed by atoms with E-state index in [4.69, 9.17) is 0 Å². The summed E-state index contributed by atoms with van der Waals surface area (Å²) in [5, 5.41) is 3.48. The van der Waals surface area contributed by atoms with Gasteiger partial charge in [-0.05, 0) is 24.6 Å². The van der Waals surface area contributed by atoms with E-state index in [0.29, 0.717) is 10.9 Å². The van der Waals surface area contributed by atoms with Gasteiger partial charge in [0.1, 0.15) is 0 Å². The van der Waals surface area contributed by atoms with Gasteiger partial charge in [0.2, 0.25) is 0 Å². The Morgan fingerprint density at radius 1 is 1.38 bits per heavy atom. The van der Waals surface area contributed by atoms with Crippen molar-refractivity contribution < 1.29 is 13.2 Å². The van der Waals surface area contributed by atoms with Crippen LogP contribution in [-0.2, 0) is 6.18 Å². The molecule has 1 aromatic rings. The lowest BCUT2D eigenvalue weighted by Gasteiger charge is -2.12. The van der Waals surface area contributed by atoms with Crippen LogP contribution in [0.4, 0.5) is 18.9 Å². The normalized spacial score (nSPS) is 20.9. The van der Waals surface area contributed by atoms with Gasteiger partial charge in [-0.15, -0.1) is 11.8 Å². The van der Waals surface area contributed by atoms with Crippen LogP contribution in [0.3, 0.4) is 0 Å². The van der Waals surface area contributed by atoms with Crippen LogP contribution in [0.5, 0.6) is 0 Å². The third-order valence-electron chi connectivity index (χ3n) is 2.50. The van der Waals surface area contributed by atoms with Gasteiger partial charge in [-0.1, -0.05) is 6.92 Å². The Labute approximate surface area is 96.4 Å². The lowest BCUT2D eigenvalue weighted by Crippen LogP contribution is -2.07. The first-order chi connectivity index (χ1) is 7.47. The third-order valence-corrected chi connectivity index (χ3v) is 3.75. The molecule has 5 heteroatoms. The summed E-state index contributed by atoms with van der Waals surface area (Å²) in [6.07, 6.45) is -3.31. The fourth-order valence-electron chi connectivity index (χ4n) is 1.63. The van der Waals surface area contributed by atoms with Crippen LogP contribution in [-0.4, -0.2) is 11.8 Å². The van der Waals surface area contributed by atoms with Crippen LogP contribution >= 0.6 is 11.8 Å². The zero-order chi connectivity index (χ0) is 11.8. The number of rotatable bonds is 0. The average molecular weight is 247 g/mol. The van der Waals surface area contributed by atoms with Crippen molar-refractivity contribution in [2.75, 3.05) is 11.9 Å². The third kappa shape index (κ3) is 2.45. The van der Waals surface area contributed by atoms with Crippen LogP contribution in [0.15, 0.2) is 23.1 Å². The molecular formula is C11H12F3NS. The number of alkyl halides is 3. The summed E-state index contributed by atoms with van der Waals surface area (Å²) in [4.78, 5) is 0.901. The molecule has 16 heavy (non-hydrogen) atoms. The maximum Gasteiger partial charge on any atom is 0.416 e. The SMILES string of the molecule is C[C@H]1CCNc2cc(C(F)(F)F)ccc2S1. The second-order valence-electron chi connectivity index (χ2n) is 3.85. The smallest absolute Gasteiger partial charge is 0.384 e. The number of benzene rings is 1. The van der Waals surface area contributed by atoms with Gasteiger partial charge in [0, 0.05) is 22.4 Å². The maximum absolute atomic E-state index is 12.5. The average Bonchev–Trinajstić information content (AvgIpc) is 2.35. The molecule has 0 bridgehead atoms. The highest BCUT2D eigenvalue weighted by atomic mass is 32.2. The van der Waals surface area contributed by atoms with E-state index in [1.807, 2.05) is 0 Å². The predicted octanol–water partition coefficient (Wildman–Crippen LogP) is 4.00. The summed E-state index contributed by atoms with van der Waals surface area (Å²) in [5.74, 6) is 0. The summed E-state index contributed by atoms with van der Waals surface area (Å²) in [5.41, 5.74) is 0.0121. The van der Waals surface area contributed by atoms with E-state index in [1.54, 1.807) is 17.8 Å². The summed E-state index contributed by atoms with van der Waals surface area (Å²) in [6, 6.07) is 3.89. The number of fused-ring (bicyclic) bond motifs is 1. The minimum atomic E-state index is -4.26. The van der Waals surface area contributed by atoms with Crippen LogP contribution in [0.2, 0.25) is 0 Å². The number of thioether (sulfide) groups is 1. The molecule has 0 spiro atoms. The molecule has 1 aromatic carbocycles. The zero-order valence-electron chi connectivity index (χ0n) is 8.77. The van der Waals surface area contributed by atoms with Crippen LogP contribution in [0.1, 0.15) is 18.9 Å². The van der Waals surface area contributed by atoms with Crippen LogP contribution < -0.4 is 5.32 Å². The second-order valence-corrected chi connectivity index (χ2v) is 5.33. The molecule has 1 aliphatic heterocycles. The van der Waals surface area contributed by atoms with Gasteiger partial charge >= 0.3 is 6.18 Å². The molecule has 1 heterocycles. The Balaban J connectivity index is 2.35. The van der Waals surface area contributed by atoms with Crippen LogP contribution in [0, 0.1) is 0 Å². The minimum absolute atomic E-state index is 0.436. The molecule has 0 amide bonds. The van der Waals surface area contributed by atoms with Crippen molar-refractivity contribution in [2.24, 2.45) is 0 Å². The van der Waals surface area contributed by atoms with E-state index in [0.717, 1.165) is 23.9 Å². The molecule has 0 unspecified atom stereocenters. The van der Waals surface area contributed by atoms with Gasteiger partial charge in [-0.2, -0.15) is 13.2 Å².